The molecule has 0 aromatic heterocycles. The molecule has 0 amide bonds. The summed E-state index contributed by atoms with van der Waals surface area (Å²) in [7, 11) is -2.90. The van der Waals surface area contributed by atoms with E-state index in [1.807, 2.05) is 36.4 Å². The van der Waals surface area contributed by atoms with Gasteiger partial charge in [0.2, 0.25) is 5.79 Å². The molecule has 0 spiro atoms. The number of rotatable bonds is 11. The third-order valence-electron chi connectivity index (χ3n) is 6.38. The highest BCUT2D eigenvalue weighted by Gasteiger charge is 2.40. The first-order valence-electron chi connectivity index (χ1n) is 12.4. The molecular formula is C29H24O11S2. The highest BCUT2D eigenvalue weighted by atomic mass is 32.2. The van der Waals surface area contributed by atoms with Crippen molar-refractivity contribution in [2.75, 3.05) is 20.3 Å². The fourth-order valence-electron chi connectivity index (χ4n) is 4.41. The summed E-state index contributed by atoms with van der Waals surface area (Å²) >= 11 is 0.588. The smallest absolute Gasteiger partial charge is 0.294 e. The Morgan fingerprint density at radius 3 is 2.07 bits per heavy atom. The number of ether oxygens (including phenoxy) is 4. The van der Waals surface area contributed by atoms with Crippen molar-refractivity contribution >= 4 is 27.9 Å². The van der Waals surface area contributed by atoms with Gasteiger partial charge in [0, 0.05) is 22.3 Å². The number of carbonyl (C=O) groups is 1. The molecule has 42 heavy (non-hydrogen) atoms. The van der Waals surface area contributed by atoms with Crippen LogP contribution >= 0.6 is 12.0 Å². The van der Waals surface area contributed by atoms with E-state index in [2.05, 4.69) is 9.37 Å². The minimum atomic E-state index is -4.50. The van der Waals surface area contributed by atoms with Crippen LogP contribution in [0.15, 0.2) is 101 Å². The Morgan fingerprint density at radius 2 is 1.48 bits per heavy atom. The molecular weight excluding hydrogens is 588 g/mol. The van der Waals surface area contributed by atoms with Crippen LogP contribution in [0, 0.1) is 0 Å². The number of carbonyl (C=O) groups excluding carboxylic acids is 1. The molecule has 1 aliphatic rings. The highest BCUT2D eigenvalue weighted by molar-refractivity contribution is 7.94. The van der Waals surface area contributed by atoms with Gasteiger partial charge in [-0.1, -0.05) is 17.2 Å². The maximum atomic E-state index is 13.1. The van der Waals surface area contributed by atoms with E-state index >= 15 is 0 Å². The lowest BCUT2D eigenvalue weighted by atomic mass is 9.97. The Bertz CT molecular complexity index is 1670. The molecule has 1 heterocycles. The zero-order valence-electron chi connectivity index (χ0n) is 22.0. The second-order valence-corrected chi connectivity index (χ2v) is 11.1. The summed E-state index contributed by atoms with van der Waals surface area (Å²) < 4.78 is 60.3. The molecule has 0 bridgehead atoms. The predicted molar refractivity (Wildman–Crippen MR) is 149 cm³/mol. The number of methoxy groups -OCH3 is 1. The molecule has 0 radical (unpaired) electrons. The number of hydrogen-bond acceptors (Lipinski definition) is 11. The summed E-state index contributed by atoms with van der Waals surface area (Å²) in [4.78, 5) is 12.9. The molecule has 0 aliphatic carbocycles. The maximum absolute atomic E-state index is 13.1. The predicted octanol–water partition coefficient (Wildman–Crippen LogP) is 5.64. The van der Waals surface area contributed by atoms with E-state index in [-0.39, 0.29) is 21.8 Å². The number of hydrogen-bond donors (Lipinski definition) is 2. The van der Waals surface area contributed by atoms with E-state index < -0.39 is 26.6 Å². The summed E-state index contributed by atoms with van der Waals surface area (Å²) in [6, 6.07) is 23.9. The van der Waals surface area contributed by atoms with Gasteiger partial charge in [0.25, 0.3) is 10.1 Å². The number of benzene rings is 4. The van der Waals surface area contributed by atoms with Crippen molar-refractivity contribution in [3.8, 4) is 17.2 Å². The van der Waals surface area contributed by atoms with Crippen LogP contribution in [-0.4, -0.2) is 44.3 Å². The van der Waals surface area contributed by atoms with Gasteiger partial charge in [-0.2, -0.15) is 8.42 Å². The Hall–Kier alpha value is -3.79. The summed E-state index contributed by atoms with van der Waals surface area (Å²) in [6.45, 7) is 0.839. The van der Waals surface area contributed by atoms with Crippen molar-refractivity contribution in [2.24, 2.45) is 0 Å². The lowest BCUT2D eigenvalue weighted by Gasteiger charge is -2.28. The minimum absolute atomic E-state index is 0.0341. The summed E-state index contributed by atoms with van der Waals surface area (Å²) in [5, 5.41) is 12.4. The van der Waals surface area contributed by atoms with E-state index in [1.165, 1.54) is 36.4 Å². The fourth-order valence-corrected chi connectivity index (χ4v) is 5.40. The summed E-state index contributed by atoms with van der Waals surface area (Å²) in [5.41, 5.74) is 1.74. The Labute approximate surface area is 245 Å². The standard InChI is InChI=1S/C29H24O11S2/c1-35-23-10-6-21(7-11-23)29(36-15-16-37-29)22-8-12-24(13-9-22)38-26-14-5-20(18-27(26)41-40-39-31)28(30)19-3-2-4-25(17-19)42(32,33)34/h2-14,17-18,31H,15-16H2,1H3,(H,32,33,34). The second-order valence-electron chi connectivity index (χ2n) is 8.89. The molecule has 11 nitrogen and oxygen atoms in total. The van der Waals surface area contributed by atoms with Crippen molar-refractivity contribution in [3.63, 3.8) is 0 Å². The van der Waals surface area contributed by atoms with Crippen molar-refractivity contribution in [3.05, 3.63) is 113 Å². The van der Waals surface area contributed by atoms with Gasteiger partial charge in [0.1, 0.15) is 17.2 Å². The first-order valence-corrected chi connectivity index (χ1v) is 14.5. The van der Waals surface area contributed by atoms with Crippen molar-refractivity contribution in [1.29, 1.82) is 0 Å². The molecule has 2 N–H and O–H groups in total. The quantitative estimate of drug-likeness (QED) is 0.0710. The molecule has 1 fully saturated rings. The van der Waals surface area contributed by atoms with Crippen molar-refractivity contribution in [1.82, 2.24) is 0 Å². The van der Waals surface area contributed by atoms with E-state index in [0.717, 1.165) is 17.2 Å². The van der Waals surface area contributed by atoms with E-state index in [1.54, 1.807) is 19.2 Å². The SMILES string of the molecule is COc1ccc(C2(c3ccc(Oc4ccc(C(=O)c5cccc(S(=O)(=O)O)c5)cc4SOOO)cc3)OCCO2)cc1. The first-order chi connectivity index (χ1) is 20.2. The Balaban J connectivity index is 1.40. The second kappa shape index (κ2) is 12.6. The third-order valence-corrected chi connectivity index (χ3v) is 7.86. The van der Waals surface area contributed by atoms with Crippen LogP contribution in [0.5, 0.6) is 17.2 Å². The summed E-state index contributed by atoms with van der Waals surface area (Å²) in [6.07, 6.45) is 0. The topological polar surface area (TPSA) is 147 Å². The van der Waals surface area contributed by atoms with Gasteiger partial charge >= 0.3 is 0 Å². The van der Waals surface area contributed by atoms with E-state index in [9.17, 15) is 17.8 Å². The molecule has 13 heteroatoms. The fraction of sp³-hybridized carbons (Fsp3) is 0.138. The monoisotopic (exact) mass is 612 g/mol. The molecule has 5 rings (SSSR count). The lowest BCUT2D eigenvalue weighted by Crippen LogP contribution is -2.28. The molecule has 0 atom stereocenters. The molecule has 4 aromatic carbocycles. The van der Waals surface area contributed by atoms with Gasteiger partial charge < -0.3 is 18.9 Å². The molecule has 0 saturated carbocycles. The van der Waals surface area contributed by atoms with Crippen molar-refractivity contribution in [2.45, 2.75) is 15.6 Å². The van der Waals surface area contributed by atoms with Crippen LogP contribution in [0.25, 0.3) is 0 Å². The number of ketones is 1. The van der Waals surface area contributed by atoms with Crippen LogP contribution < -0.4 is 9.47 Å². The van der Waals surface area contributed by atoms with E-state index in [0.29, 0.717) is 36.8 Å². The molecule has 1 saturated heterocycles. The van der Waals surface area contributed by atoms with Gasteiger partial charge in [-0.25, -0.2) is 5.26 Å². The van der Waals surface area contributed by atoms with E-state index in [4.69, 9.17) is 24.2 Å². The zero-order chi connectivity index (χ0) is 29.7. The molecule has 1 aliphatic heterocycles. The normalized spacial score (nSPS) is 14.5. The molecule has 4 aromatic rings. The first kappa shape index (κ1) is 29.7. The lowest BCUT2D eigenvalue weighted by molar-refractivity contribution is -0.432. The van der Waals surface area contributed by atoms with Crippen molar-refractivity contribution < 1.29 is 51.3 Å². The van der Waals surface area contributed by atoms with Crippen LogP contribution in [-0.2, 0) is 34.8 Å². The highest BCUT2D eigenvalue weighted by Crippen LogP contribution is 2.40. The van der Waals surface area contributed by atoms with Crippen LogP contribution in [0.2, 0.25) is 0 Å². The van der Waals surface area contributed by atoms with Crippen LogP contribution in [0.4, 0.5) is 0 Å². The van der Waals surface area contributed by atoms with Gasteiger partial charge in [-0.3, -0.25) is 9.35 Å². The van der Waals surface area contributed by atoms with Gasteiger partial charge in [0.05, 0.1) is 42.2 Å². The largest absolute Gasteiger partial charge is 0.497 e. The maximum Gasteiger partial charge on any atom is 0.294 e. The Morgan fingerprint density at radius 1 is 0.857 bits per heavy atom. The minimum Gasteiger partial charge on any atom is -0.497 e. The average molecular weight is 613 g/mol. The summed E-state index contributed by atoms with van der Waals surface area (Å²) in [5.74, 6) is -0.199. The van der Waals surface area contributed by atoms with Crippen LogP contribution in [0.3, 0.4) is 0 Å². The molecule has 218 valence electrons. The third kappa shape index (κ3) is 6.33. The zero-order valence-corrected chi connectivity index (χ0v) is 23.6. The van der Waals surface area contributed by atoms with Gasteiger partial charge in [-0.15, -0.1) is 4.33 Å². The van der Waals surface area contributed by atoms with Gasteiger partial charge in [-0.05, 0) is 78.9 Å². The van der Waals surface area contributed by atoms with Gasteiger partial charge in [0.15, 0.2) is 5.78 Å². The molecule has 0 unspecified atom stereocenters. The van der Waals surface area contributed by atoms with Crippen LogP contribution in [0.1, 0.15) is 27.0 Å². The Kier molecular flexibility index (Phi) is 8.91. The average Bonchev–Trinajstić information content (AvgIpc) is 3.51.